The number of para-hydroxylation sites is 1. The third-order valence-corrected chi connectivity index (χ3v) is 5.69. The predicted octanol–water partition coefficient (Wildman–Crippen LogP) is 3.38. The van der Waals surface area contributed by atoms with E-state index in [0.29, 0.717) is 55.1 Å². The van der Waals surface area contributed by atoms with Gasteiger partial charge in [-0.25, -0.2) is 8.42 Å². The number of hydrogen-bond donors (Lipinski definition) is 1. The summed E-state index contributed by atoms with van der Waals surface area (Å²) in [5.74, 6) is 0.628. The maximum Gasteiger partial charge on any atom is 0.261 e. The van der Waals surface area contributed by atoms with Crippen molar-refractivity contribution in [2.24, 2.45) is 0 Å². The summed E-state index contributed by atoms with van der Waals surface area (Å²) in [6.45, 7) is 4.87. The summed E-state index contributed by atoms with van der Waals surface area (Å²) in [5.41, 5.74) is 1.13. The van der Waals surface area contributed by atoms with Crippen LogP contribution in [0.4, 0.5) is 11.4 Å². The average Bonchev–Trinajstić information content (AvgIpc) is 2.63. The molecule has 1 saturated heterocycles. The lowest BCUT2D eigenvalue weighted by Crippen LogP contribution is -2.37. The molecule has 0 aliphatic carbocycles. The van der Waals surface area contributed by atoms with Crippen LogP contribution in [0.25, 0.3) is 0 Å². The van der Waals surface area contributed by atoms with Gasteiger partial charge in [0, 0.05) is 13.1 Å². The first-order valence-electron chi connectivity index (χ1n) is 8.38. The summed E-state index contributed by atoms with van der Waals surface area (Å²) in [4.78, 5) is 2.19. The first-order chi connectivity index (χ1) is 12.5. The van der Waals surface area contributed by atoms with Crippen LogP contribution in [0.1, 0.15) is 6.92 Å². The zero-order valence-corrected chi connectivity index (χ0v) is 16.0. The Bertz CT molecular complexity index is 850. The van der Waals surface area contributed by atoms with Crippen LogP contribution in [0.5, 0.6) is 5.75 Å². The van der Waals surface area contributed by atoms with Crippen LogP contribution < -0.4 is 14.4 Å². The summed E-state index contributed by atoms with van der Waals surface area (Å²) in [6.07, 6.45) is 0. The number of nitrogens with zero attached hydrogens (tertiary/aromatic N) is 1. The third kappa shape index (κ3) is 4.23. The predicted molar refractivity (Wildman–Crippen MR) is 103 cm³/mol. The molecule has 1 aliphatic heterocycles. The van der Waals surface area contributed by atoms with E-state index >= 15 is 0 Å². The Hall–Kier alpha value is -1.96. The maximum atomic E-state index is 12.8. The Morgan fingerprint density at radius 2 is 1.85 bits per heavy atom. The summed E-state index contributed by atoms with van der Waals surface area (Å²) >= 11 is 6.36. The zero-order valence-electron chi connectivity index (χ0n) is 14.4. The number of anilines is 2. The van der Waals surface area contributed by atoms with Gasteiger partial charge in [0.25, 0.3) is 10.0 Å². The quantitative estimate of drug-likeness (QED) is 0.810. The lowest BCUT2D eigenvalue weighted by molar-refractivity contribution is 0.123. The van der Waals surface area contributed by atoms with Crippen LogP contribution in [-0.2, 0) is 14.8 Å². The molecule has 6 nitrogen and oxygen atoms in total. The van der Waals surface area contributed by atoms with Crippen LogP contribution in [-0.4, -0.2) is 41.3 Å². The highest BCUT2D eigenvalue weighted by atomic mass is 35.5. The fraction of sp³-hybridized carbons (Fsp3) is 0.333. The van der Waals surface area contributed by atoms with Gasteiger partial charge in [-0.3, -0.25) is 4.72 Å². The minimum atomic E-state index is -3.75. The van der Waals surface area contributed by atoms with E-state index in [1.165, 1.54) is 12.1 Å². The lowest BCUT2D eigenvalue weighted by Gasteiger charge is -2.31. The van der Waals surface area contributed by atoms with Gasteiger partial charge in [0.15, 0.2) is 0 Å². The monoisotopic (exact) mass is 396 g/mol. The Kier molecular flexibility index (Phi) is 5.90. The van der Waals surface area contributed by atoms with E-state index in [2.05, 4.69) is 4.72 Å². The van der Waals surface area contributed by atoms with Crippen molar-refractivity contribution >= 4 is 33.0 Å². The molecule has 0 radical (unpaired) electrons. The number of benzene rings is 2. The van der Waals surface area contributed by atoms with Gasteiger partial charge in [-0.05, 0) is 43.3 Å². The molecule has 1 N–H and O–H groups in total. The number of morpholine rings is 1. The smallest absolute Gasteiger partial charge is 0.261 e. The van der Waals surface area contributed by atoms with Gasteiger partial charge in [-0.1, -0.05) is 17.7 Å². The summed E-state index contributed by atoms with van der Waals surface area (Å²) < 4.78 is 38.9. The van der Waals surface area contributed by atoms with Crippen LogP contribution in [0.3, 0.4) is 0 Å². The van der Waals surface area contributed by atoms with Crippen LogP contribution in [0, 0.1) is 0 Å². The minimum absolute atomic E-state index is 0.161. The number of rotatable bonds is 6. The summed E-state index contributed by atoms with van der Waals surface area (Å²) in [7, 11) is -3.75. The molecule has 26 heavy (non-hydrogen) atoms. The largest absolute Gasteiger partial charge is 0.494 e. The van der Waals surface area contributed by atoms with Crippen molar-refractivity contribution in [2.45, 2.75) is 11.8 Å². The van der Waals surface area contributed by atoms with Crippen molar-refractivity contribution in [3.05, 3.63) is 47.5 Å². The number of ether oxygens (including phenoxy) is 2. The Labute approximate surface area is 158 Å². The molecule has 1 aliphatic rings. The van der Waals surface area contributed by atoms with Gasteiger partial charge in [-0.15, -0.1) is 0 Å². The first-order valence-corrected chi connectivity index (χ1v) is 10.2. The minimum Gasteiger partial charge on any atom is -0.494 e. The highest BCUT2D eigenvalue weighted by molar-refractivity contribution is 7.92. The van der Waals surface area contributed by atoms with E-state index in [0.717, 1.165) is 0 Å². The zero-order chi connectivity index (χ0) is 18.6. The molecule has 0 unspecified atom stereocenters. The second-order valence-corrected chi connectivity index (χ2v) is 7.83. The van der Waals surface area contributed by atoms with Crippen molar-refractivity contribution in [1.82, 2.24) is 0 Å². The maximum absolute atomic E-state index is 12.8. The number of hydrogen-bond acceptors (Lipinski definition) is 5. The van der Waals surface area contributed by atoms with Gasteiger partial charge >= 0.3 is 0 Å². The Morgan fingerprint density at radius 3 is 2.50 bits per heavy atom. The molecule has 0 atom stereocenters. The van der Waals surface area contributed by atoms with Crippen LogP contribution in [0.15, 0.2) is 47.4 Å². The summed E-state index contributed by atoms with van der Waals surface area (Å²) in [5, 5.41) is 0.499. The van der Waals surface area contributed by atoms with E-state index in [-0.39, 0.29) is 4.90 Å². The van der Waals surface area contributed by atoms with Crippen molar-refractivity contribution in [3.8, 4) is 5.75 Å². The van der Waals surface area contributed by atoms with Gasteiger partial charge in [0.1, 0.15) is 5.75 Å². The van der Waals surface area contributed by atoms with Crippen molar-refractivity contribution in [3.63, 3.8) is 0 Å². The second-order valence-electron chi connectivity index (χ2n) is 5.75. The molecule has 1 fully saturated rings. The fourth-order valence-electron chi connectivity index (χ4n) is 2.79. The molecule has 0 bridgehead atoms. The highest BCUT2D eigenvalue weighted by Gasteiger charge is 2.22. The van der Waals surface area contributed by atoms with Gasteiger partial charge in [0.05, 0.1) is 41.1 Å². The number of halogens is 1. The van der Waals surface area contributed by atoms with E-state index < -0.39 is 10.0 Å². The molecular weight excluding hydrogens is 376 g/mol. The molecule has 0 amide bonds. The number of sulfonamides is 1. The van der Waals surface area contributed by atoms with Gasteiger partial charge < -0.3 is 14.4 Å². The first kappa shape index (κ1) is 18.8. The molecule has 0 saturated carbocycles. The second kappa shape index (κ2) is 8.16. The third-order valence-electron chi connectivity index (χ3n) is 4.00. The lowest BCUT2D eigenvalue weighted by atomic mass is 10.2. The van der Waals surface area contributed by atoms with E-state index in [4.69, 9.17) is 21.1 Å². The van der Waals surface area contributed by atoms with Crippen molar-refractivity contribution in [2.75, 3.05) is 42.5 Å². The van der Waals surface area contributed by atoms with Crippen LogP contribution >= 0.6 is 11.6 Å². The van der Waals surface area contributed by atoms with Crippen molar-refractivity contribution < 1.29 is 17.9 Å². The molecule has 0 spiro atoms. The summed E-state index contributed by atoms with van der Waals surface area (Å²) in [6, 6.07) is 11.5. The van der Waals surface area contributed by atoms with E-state index in [1.807, 2.05) is 11.8 Å². The molecule has 140 valence electrons. The Balaban J connectivity index is 1.88. The molecule has 8 heteroatoms. The fourth-order valence-corrected chi connectivity index (χ4v) is 4.15. The standard InChI is InChI=1S/C18H21ClN2O4S/c1-2-25-14-6-8-15(9-7-14)26(22,23)20-17-5-3-4-16(19)18(17)21-10-12-24-13-11-21/h3-9,20H,2,10-13H2,1H3. The normalized spacial score (nSPS) is 14.9. The highest BCUT2D eigenvalue weighted by Crippen LogP contribution is 2.35. The molecule has 1 heterocycles. The van der Waals surface area contributed by atoms with Crippen molar-refractivity contribution in [1.29, 1.82) is 0 Å². The molecule has 2 aromatic rings. The van der Waals surface area contributed by atoms with Crippen LogP contribution in [0.2, 0.25) is 5.02 Å². The topological polar surface area (TPSA) is 67.9 Å². The van der Waals surface area contributed by atoms with Gasteiger partial charge in [0.2, 0.25) is 0 Å². The Morgan fingerprint density at radius 1 is 1.15 bits per heavy atom. The molecule has 2 aromatic carbocycles. The van der Waals surface area contributed by atoms with E-state index in [9.17, 15) is 8.42 Å². The number of nitrogens with one attached hydrogen (secondary N) is 1. The molecular formula is C18H21ClN2O4S. The average molecular weight is 397 g/mol. The molecule has 3 rings (SSSR count). The molecule has 0 aromatic heterocycles. The van der Waals surface area contributed by atoms with E-state index in [1.54, 1.807) is 30.3 Å². The SMILES string of the molecule is CCOc1ccc(S(=O)(=O)Nc2cccc(Cl)c2N2CCOCC2)cc1. The van der Waals surface area contributed by atoms with Gasteiger partial charge in [-0.2, -0.15) is 0 Å².